The average molecular weight is 375 g/mol. The van der Waals surface area contributed by atoms with Crippen molar-refractivity contribution in [3.05, 3.63) is 53.3 Å². The van der Waals surface area contributed by atoms with Crippen LogP contribution in [0, 0.1) is 0 Å². The van der Waals surface area contributed by atoms with Crippen molar-refractivity contribution < 1.29 is 0 Å². The van der Waals surface area contributed by atoms with E-state index in [4.69, 9.17) is 11.6 Å². The third kappa shape index (κ3) is 4.14. The van der Waals surface area contributed by atoms with Gasteiger partial charge in [0, 0.05) is 37.7 Å². The Morgan fingerprint density at radius 2 is 1.81 bits per heavy atom. The van der Waals surface area contributed by atoms with E-state index in [2.05, 4.69) is 64.8 Å². The lowest BCUT2D eigenvalue weighted by atomic mass is 10.0. The van der Waals surface area contributed by atoms with Crippen molar-refractivity contribution in [1.29, 1.82) is 0 Å². The SMILES string of the molecule is C=CCN1CCN([C@H](c2ccc(Cl)cc2)c2nnnn2C(C)(C)C)CC1. The highest BCUT2D eigenvalue weighted by Gasteiger charge is 2.32. The minimum atomic E-state index is -0.186. The molecule has 1 aromatic heterocycles. The first-order chi connectivity index (χ1) is 12.4. The van der Waals surface area contributed by atoms with E-state index >= 15 is 0 Å². The van der Waals surface area contributed by atoms with Crippen molar-refractivity contribution >= 4 is 11.6 Å². The van der Waals surface area contributed by atoms with Gasteiger partial charge in [-0.15, -0.1) is 11.7 Å². The number of piperazine rings is 1. The molecular formula is C19H27ClN6. The molecule has 6 nitrogen and oxygen atoms in total. The van der Waals surface area contributed by atoms with Crippen LogP contribution in [0.25, 0.3) is 0 Å². The second-order valence-electron chi connectivity index (χ2n) is 7.70. The summed E-state index contributed by atoms with van der Waals surface area (Å²) in [4.78, 5) is 4.87. The van der Waals surface area contributed by atoms with Gasteiger partial charge in [0.2, 0.25) is 0 Å². The van der Waals surface area contributed by atoms with Crippen LogP contribution < -0.4 is 0 Å². The number of aromatic nitrogens is 4. The second-order valence-corrected chi connectivity index (χ2v) is 8.14. The molecule has 0 spiro atoms. The third-order valence-electron chi connectivity index (χ3n) is 4.72. The fourth-order valence-electron chi connectivity index (χ4n) is 3.40. The van der Waals surface area contributed by atoms with Gasteiger partial charge in [0.15, 0.2) is 5.82 Å². The highest BCUT2D eigenvalue weighted by atomic mass is 35.5. The molecule has 0 amide bonds. The molecule has 2 heterocycles. The molecule has 1 saturated heterocycles. The highest BCUT2D eigenvalue weighted by molar-refractivity contribution is 6.30. The van der Waals surface area contributed by atoms with E-state index in [1.54, 1.807) is 0 Å². The van der Waals surface area contributed by atoms with Crippen molar-refractivity contribution in [1.82, 2.24) is 30.0 Å². The van der Waals surface area contributed by atoms with Crippen LogP contribution >= 0.6 is 11.6 Å². The predicted octanol–water partition coefficient (Wildman–Crippen LogP) is 2.97. The fraction of sp³-hybridized carbons (Fsp3) is 0.526. The zero-order valence-electron chi connectivity index (χ0n) is 15.8. The van der Waals surface area contributed by atoms with Gasteiger partial charge in [0.05, 0.1) is 11.6 Å². The Hall–Kier alpha value is -1.76. The number of rotatable bonds is 5. The normalized spacial score (nSPS) is 18.0. The van der Waals surface area contributed by atoms with Gasteiger partial charge in [0.1, 0.15) is 0 Å². The van der Waals surface area contributed by atoms with E-state index in [-0.39, 0.29) is 11.6 Å². The van der Waals surface area contributed by atoms with E-state index in [0.717, 1.165) is 49.1 Å². The van der Waals surface area contributed by atoms with E-state index in [9.17, 15) is 0 Å². The summed E-state index contributed by atoms with van der Waals surface area (Å²) in [7, 11) is 0. The molecular weight excluding hydrogens is 348 g/mol. The molecule has 0 unspecified atom stereocenters. The Morgan fingerprint density at radius 3 is 2.38 bits per heavy atom. The van der Waals surface area contributed by atoms with Gasteiger partial charge in [-0.2, -0.15) is 0 Å². The Morgan fingerprint density at radius 1 is 1.15 bits per heavy atom. The van der Waals surface area contributed by atoms with Crippen LogP contribution in [0.3, 0.4) is 0 Å². The Kier molecular flexibility index (Phi) is 5.75. The van der Waals surface area contributed by atoms with Crippen LogP contribution in [0.15, 0.2) is 36.9 Å². The maximum absolute atomic E-state index is 6.11. The molecule has 3 rings (SSSR count). The summed E-state index contributed by atoms with van der Waals surface area (Å²) in [6.07, 6.45) is 1.96. The zero-order valence-corrected chi connectivity index (χ0v) is 16.5. The van der Waals surface area contributed by atoms with Crippen LogP contribution in [-0.2, 0) is 5.54 Å². The van der Waals surface area contributed by atoms with Crippen molar-refractivity contribution in [2.24, 2.45) is 0 Å². The van der Waals surface area contributed by atoms with E-state index < -0.39 is 0 Å². The molecule has 1 aliphatic rings. The Balaban J connectivity index is 1.95. The second kappa shape index (κ2) is 7.86. The van der Waals surface area contributed by atoms with Crippen molar-refractivity contribution in [3.8, 4) is 0 Å². The predicted molar refractivity (Wildman–Crippen MR) is 104 cm³/mol. The van der Waals surface area contributed by atoms with Gasteiger partial charge in [-0.1, -0.05) is 29.8 Å². The number of benzene rings is 1. The van der Waals surface area contributed by atoms with Gasteiger partial charge in [0.25, 0.3) is 0 Å². The molecule has 0 saturated carbocycles. The van der Waals surface area contributed by atoms with Gasteiger partial charge >= 0.3 is 0 Å². The van der Waals surface area contributed by atoms with E-state index in [0.29, 0.717) is 0 Å². The number of hydrogen-bond donors (Lipinski definition) is 0. The van der Waals surface area contributed by atoms with Crippen LogP contribution in [-0.4, -0.2) is 62.7 Å². The van der Waals surface area contributed by atoms with Crippen LogP contribution in [0.2, 0.25) is 5.02 Å². The Labute approximate surface area is 160 Å². The zero-order chi connectivity index (χ0) is 18.7. The van der Waals surface area contributed by atoms with Crippen molar-refractivity contribution in [3.63, 3.8) is 0 Å². The lowest BCUT2D eigenvalue weighted by Crippen LogP contribution is -2.48. The maximum atomic E-state index is 6.11. The van der Waals surface area contributed by atoms with Gasteiger partial charge in [-0.05, 0) is 48.9 Å². The summed E-state index contributed by atoms with van der Waals surface area (Å²) in [6.45, 7) is 15.1. The summed E-state index contributed by atoms with van der Waals surface area (Å²) < 4.78 is 1.93. The average Bonchev–Trinajstić information content (AvgIpc) is 3.08. The summed E-state index contributed by atoms with van der Waals surface area (Å²) in [5, 5.41) is 13.4. The van der Waals surface area contributed by atoms with Gasteiger partial charge in [-0.25, -0.2) is 4.68 Å². The van der Waals surface area contributed by atoms with Crippen LogP contribution in [0.1, 0.15) is 38.2 Å². The quantitative estimate of drug-likeness (QED) is 0.753. The molecule has 0 radical (unpaired) electrons. The van der Waals surface area contributed by atoms with E-state index in [1.165, 1.54) is 0 Å². The molecule has 0 aliphatic carbocycles. The molecule has 1 aliphatic heterocycles. The lowest BCUT2D eigenvalue weighted by Gasteiger charge is -2.39. The fourth-order valence-corrected chi connectivity index (χ4v) is 3.52. The van der Waals surface area contributed by atoms with E-state index in [1.807, 2.05) is 22.9 Å². The van der Waals surface area contributed by atoms with Crippen molar-refractivity contribution in [2.45, 2.75) is 32.4 Å². The Bertz CT molecular complexity index is 725. The topological polar surface area (TPSA) is 50.1 Å². The molecule has 0 N–H and O–H groups in total. The minimum absolute atomic E-state index is 0.00683. The molecule has 7 heteroatoms. The highest BCUT2D eigenvalue weighted by Crippen LogP contribution is 2.31. The molecule has 26 heavy (non-hydrogen) atoms. The molecule has 1 fully saturated rings. The van der Waals surface area contributed by atoms with Gasteiger partial charge in [-0.3, -0.25) is 9.80 Å². The number of halogens is 1. The molecule has 2 aromatic rings. The summed E-state index contributed by atoms with van der Waals surface area (Å²) >= 11 is 6.11. The first-order valence-electron chi connectivity index (χ1n) is 9.01. The van der Waals surface area contributed by atoms with Crippen LogP contribution in [0.4, 0.5) is 0 Å². The smallest absolute Gasteiger partial charge is 0.173 e. The third-order valence-corrected chi connectivity index (χ3v) is 4.97. The molecule has 1 atom stereocenters. The summed E-state index contributed by atoms with van der Waals surface area (Å²) in [6, 6.07) is 8.02. The first-order valence-corrected chi connectivity index (χ1v) is 9.39. The number of nitrogens with zero attached hydrogens (tertiary/aromatic N) is 6. The number of tetrazole rings is 1. The minimum Gasteiger partial charge on any atom is -0.297 e. The lowest BCUT2D eigenvalue weighted by molar-refractivity contribution is 0.110. The monoisotopic (exact) mass is 374 g/mol. The first kappa shape index (κ1) is 19.0. The number of hydrogen-bond acceptors (Lipinski definition) is 5. The molecule has 140 valence electrons. The largest absolute Gasteiger partial charge is 0.297 e. The van der Waals surface area contributed by atoms with Crippen molar-refractivity contribution in [2.75, 3.05) is 32.7 Å². The van der Waals surface area contributed by atoms with Crippen LogP contribution in [0.5, 0.6) is 0 Å². The summed E-state index contributed by atoms with van der Waals surface area (Å²) in [5.74, 6) is 0.872. The molecule has 0 bridgehead atoms. The van der Waals surface area contributed by atoms with Gasteiger partial charge < -0.3 is 0 Å². The summed E-state index contributed by atoms with van der Waals surface area (Å²) in [5.41, 5.74) is 0.973. The molecule has 1 aromatic carbocycles. The standard InChI is InChI=1S/C19H27ClN6/c1-5-10-24-11-13-25(14-12-24)17(15-6-8-16(20)9-7-15)18-21-22-23-26(18)19(2,3)4/h5-9,17H,1,10-14H2,2-4H3/t17-/m1/s1. The maximum Gasteiger partial charge on any atom is 0.173 e.